The number of fused-ring (bicyclic) bond motifs is 1. The number of aromatic nitrogens is 3. The number of hydrogen-bond donors (Lipinski definition) is 0. The van der Waals surface area contributed by atoms with Gasteiger partial charge in [0.25, 0.3) is 0 Å². The number of amides is 1. The number of nitrogens with zero attached hydrogens (tertiary/aromatic N) is 4. The molecule has 0 aliphatic carbocycles. The van der Waals surface area contributed by atoms with E-state index in [1.165, 1.54) is 0 Å². The Balaban J connectivity index is 2.02. The Morgan fingerprint density at radius 2 is 2.18 bits per heavy atom. The number of methoxy groups -OCH3 is 1. The first-order valence-corrected chi connectivity index (χ1v) is 7.52. The van der Waals surface area contributed by atoms with Gasteiger partial charge in [0, 0.05) is 12.1 Å². The maximum absolute atomic E-state index is 12.5. The van der Waals surface area contributed by atoms with Crippen LogP contribution in [0.15, 0.2) is 24.3 Å². The van der Waals surface area contributed by atoms with Gasteiger partial charge < -0.3 is 9.64 Å². The maximum atomic E-state index is 12.5. The summed E-state index contributed by atoms with van der Waals surface area (Å²) in [5, 5.41) is 8.59. The van der Waals surface area contributed by atoms with E-state index in [-0.39, 0.29) is 11.9 Å². The van der Waals surface area contributed by atoms with Crippen LogP contribution in [-0.4, -0.2) is 39.2 Å². The van der Waals surface area contributed by atoms with E-state index in [1.807, 2.05) is 40.7 Å². The maximum Gasteiger partial charge on any atom is 0.245 e. The van der Waals surface area contributed by atoms with Gasteiger partial charge in [-0.05, 0) is 25.5 Å². The lowest BCUT2D eigenvalue weighted by molar-refractivity contribution is -0.136. The Morgan fingerprint density at radius 3 is 2.91 bits per heavy atom. The lowest BCUT2D eigenvalue weighted by Crippen LogP contribution is -2.42. The number of hydrogen-bond acceptors (Lipinski definition) is 4. The highest BCUT2D eigenvalue weighted by molar-refractivity contribution is 5.82. The number of rotatable bonds is 4. The van der Waals surface area contributed by atoms with Crippen LogP contribution in [0.2, 0.25) is 0 Å². The molecule has 1 aliphatic rings. The molecule has 0 N–H and O–H groups in total. The zero-order chi connectivity index (χ0) is 15.7. The van der Waals surface area contributed by atoms with Crippen molar-refractivity contribution in [1.82, 2.24) is 19.7 Å². The summed E-state index contributed by atoms with van der Waals surface area (Å²) >= 11 is 0. The largest absolute Gasteiger partial charge is 0.497 e. The van der Waals surface area contributed by atoms with Crippen molar-refractivity contribution in [3.05, 3.63) is 30.1 Å². The van der Waals surface area contributed by atoms with Crippen LogP contribution in [0.4, 0.5) is 0 Å². The van der Waals surface area contributed by atoms with Gasteiger partial charge in [0.2, 0.25) is 5.91 Å². The minimum Gasteiger partial charge on any atom is -0.497 e. The van der Waals surface area contributed by atoms with Crippen LogP contribution in [0.25, 0.3) is 11.4 Å². The first kappa shape index (κ1) is 14.6. The summed E-state index contributed by atoms with van der Waals surface area (Å²) in [5.74, 6) is 2.43. The average Bonchev–Trinajstić information content (AvgIpc) is 2.96. The fourth-order valence-corrected chi connectivity index (χ4v) is 2.88. The molecule has 1 aromatic carbocycles. The lowest BCUT2D eigenvalue weighted by atomic mass is 10.1. The van der Waals surface area contributed by atoms with Crippen LogP contribution in [0.1, 0.15) is 32.1 Å². The summed E-state index contributed by atoms with van der Waals surface area (Å²) in [5.41, 5.74) is 0.904. The molecule has 2 aromatic rings. The fraction of sp³-hybridized carbons (Fsp3) is 0.438. The second-order valence-corrected chi connectivity index (χ2v) is 5.48. The van der Waals surface area contributed by atoms with Crippen molar-refractivity contribution in [3.63, 3.8) is 0 Å². The van der Waals surface area contributed by atoms with E-state index in [4.69, 9.17) is 4.74 Å². The van der Waals surface area contributed by atoms with E-state index in [0.717, 1.165) is 30.1 Å². The van der Waals surface area contributed by atoms with Crippen LogP contribution in [0, 0.1) is 0 Å². The molecule has 0 radical (unpaired) electrons. The normalized spacial score (nSPS) is 17.5. The van der Waals surface area contributed by atoms with E-state index >= 15 is 0 Å². The Kier molecular flexibility index (Phi) is 3.83. The summed E-state index contributed by atoms with van der Waals surface area (Å²) < 4.78 is 7.20. The molecular formula is C16H20N4O2. The molecule has 1 amide bonds. The van der Waals surface area contributed by atoms with Gasteiger partial charge in [0.15, 0.2) is 11.6 Å². The third-order valence-electron chi connectivity index (χ3n) is 3.98. The number of carbonyl (C=O) groups is 1. The zero-order valence-corrected chi connectivity index (χ0v) is 13.1. The highest BCUT2D eigenvalue weighted by Gasteiger charge is 2.32. The average molecular weight is 300 g/mol. The molecule has 0 bridgehead atoms. The smallest absolute Gasteiger partial charge is 0.245 e. The van der Waals surface area contributed by atoms with Gasteiger partial charge in [-0.25, -0.2) is 0 Å². The quantitative estimate of drug-likeness (QED) is 0.869. The molecular weight excluding hydrogens is 280 g/mol. The summed E-state index contributed by atoms with van der Waals surface area (Å²) in [6, 6.07) is 7.37. The van der Waals surface area contributed by atoms with Gasteiger partial charge in [-0.2, -0.15) is 0 Å². The number of carbonyl (C=O) groups excluding carboxylic acids is 1. The molecule has 1 atom stereocenters. The topological polar surface area (TPSA) is 60.2 Å². The molecule has 3 rings (SSSR count). The van der Waals surface area contributed by atoms with Gasteiger partial charge in [-0.1, -0.05) is 19.1 Å². The van der Waals surface area contributed by atoms with E-state index in [2.05, 4.69) is 17.1 Å². The van der Waals surface area contributed by atoms with Crippen molar-refractivity contribution in [3.8, 4) is 17.1 Å². The van der Waals surface area contributed by atoms with Crippen molar-refractivity contribution < 1.29 is 9.53 Å². The number of ether oxygens (including phenoxy) is 1. The van der Waals surface area contributed by atoms with Crippen molar-refractivity contribution >= 4 is 5.91 Å². The SMILES string of the molecule is CCCN1Cc2nnc(-c3cccc(OC)c3)n2[C@@H](C)C1=O. The molecule has 116 valence electrons. The number of benzene rings is 1. The van der Waals surface area contributed by atoms with Crippen LogP contribution in [0.5, 0.6) is 5.75 Å². The Bertz CT molecular complexity index is 695. The monoisotopic (exact) mass is 300 g/mol. The summed E-state index contributed by atoms with van der Waals surface area (Å²) in [6.45, 7) is 5.25. The second-order valence-electron chi connectivity index (χ2n) is 5.48. The van der Waals surface area contributed by atoms with E-state index in [9.17, 15) is 4.79 Å². The molecule has 0 saturated carbocycles. The first-order valence-electron chi connectivity index (χ1n) is 7.52. The van der Waals surface area contributed by atoms with E-state index < -0.39 is 0 Å². The van der Waals surface area contributed by atoms with Gasteiger partial charge >= 0.3 is 0 Å². The Hall–Kier alpha value is -2.37. The van der Waals surface area contributed by atoms with Gasteiger partial charge in [-0.15, -0.1) is 10.2 Å². The summed E-state index contributed by atoms with van der Waals surface area (Å²) in [6.07, 6.45) is 0.940. The predicted octanol–water partition coefficient (Wildman–Crippen LogP) is 2.27. The van der Waals surface area contributed by atoms with Crippen LogP contribution in [-0.2, 0) is 11.3 Å². The predicted molar refractivity (Wildman–Crippen MR) is 82.4 cm³/mol. The molecule has 2 heterocycles. The Labute approximate surface area is 129 Å². The van der Waals surface area contributed by atoms with Crippen LogP contribution < -0.4 is 4.74 Å². The molecule has 0 saturated heterocycles. The molecule has 22 heavy (non-hydrogen) atoms. The van der Waals surface area contributed by atoms with Crippen molar-refractivity contribution in [2.24, 2.45) is 0 Å². The minimum absolute atomic E-state index is 0.123. The Morgan fingerprint density at radius 1 is 1.36 bits per heavy atom. The molecule has 6 heteroatoms. The molecule has 1 aliphatic heterocycles. The fourth-order valence-electron chi connectivity index (χ4n) is 2.88. The zero-order valence-electron chi connectivity index (χ0n) is 13.1. The highest BCUT2D eigenvalue weighted by atomic mass is 16.5. The van der Waals surface area contributed by atoms with Gasteiger partial charge in [-0.3, -0.25) is 9.36 Å². The third-order valence-corrected chi connectivity index (χ3v) is 3.98. The van der Waals surface area contributed by atoms with Crippen LogP contribution in [0.3, 0.4) is 0 Å². The minimum atomic E-state index is -0.286. The molecule has 1 aromatic heterocycles. The van der Waals surface area contributed by atoms with Crippen molar-refractivity contribution in [2.75, 3.05) is 13.7 Å². The molecule has 0 spiro atoms. The highest BCUT2D eigenvalue weighted by Crippen LogP contribution is 2.29. The summed E-state index contributed by atoms with van der Waals surface area (Å²) in [4.78, 5) is 14.4. The van der Waals surface area contributed by atoms with E-state index in [0.29, 0.717) is 12.4 Å². The second kappa shape index (κ2) is 5.79. The van der Waals surface area contributed by atoms with Gasteiger partial charge in [0.05, 0.1) is 13.7 Å². The van der Waals surface area contributed by atoms with Gasteiger partial charge in [0.1, 0.15) is 11.8 Å². The van der Waals surface area contributed by atoms with E-state index in [1.54, 1.807) is 7.11 Å². The van der Waals surface area contributed by atoms with Crippen LogP contribution >= 0.6 is 0 Å². The standard InChI is InChI=1S/C16H20N4O2/c1-4-8-19-10-14-17-18-15(20(14)11(2)16(19)21)12-6-5-7-13(9-12)22-3/h5-7,9,11H,4,8,10H2,1-3H3/t11-/m0/s1. The third kappa shape index (κ3) is 2.34. The molecule has 0 fully saturated rings. The molecule has 0 unspecified atom stereocenters. The molecule has 6 nitrogen and oxygen atoms in total. The lowest BCUT2D eigenvalue weighted by Gasteiger charge is -2.31. The first-order chi connectivity index (χ1) is 10.7. The summed E-state index contributed by atoms with van der Waals surface area (Å²) in [7, 11) is 1.63. The van der Waals surface area contributed by atoms with Crippen molar-refractivity contribution in [1.29, 1.82) is 0 Å². The van der Waals surface area contributed by atoms with Crippen molar-refractivity contribution in [2.45, 2.75) is 32.9 Å².